The molecule has 0 fully saturated rings. The van der Waals surface area contributed by atoms with Crippen LogP contribution in [0.3, 0.4) is 0 Å². The molecule has 0 heterocycles. The van der Waals surface area contributed by atoms with Gasteiger partial charge in [-0.2, -0.15) is 0 Å². The number of amides is 1. The molecule has 0 aliphatic heterocycles. The fraction of sp³-hybridized carbons (Fsp3) is 0.632. The molecule has 0 saturated heterocycles. The molecule has 26 heavy (non-hydrogen) atoms. The van der Waals surface area contributed by atoms with Gasteiger partial charge in [0.1, 0.15) is 0 Å². The Balaban J connectivity index is 2.69. The highest BCUT2D eigenvalue weighted by atomic mass is 32.7. The number of nitrogens with zero attached hydrogens (tertiary/aromatic N) is 1. The smallest absolute Gasteiger partial charge is 0.272 e. The van der Waals surface area contributed by atoms with Gasteiger partial charge < -0.3 is 0 Å². The molecule has 4 nitrogen and oxygen atoms in total. The summed E-state index contributed by atoms with van der Waals surface area (Å²) >= 11 is 3.17. The lowest BCUT2D eigenvalue weighted by atomic mass is 10.2. The van der Waals surface area contributed by atoms with Crippen molar-refractivity contribution in [1.82, 2.24) is 9.76 Å². The third-order valence-electron chi connectivity index (χ3n) is 4.24. The lowest BCUT2D eigenvalue weighted by molar-refractivity contribution is 0.0882. The number of nitrogens with one attached hydrogen (secondary N) is 1. The van der Waals surface area contributed by atoms with Crippen molar-refractivity contribution in [2.75, 3.05) is 19.8 Å². The van der Waals surface area contributed by atoms with E-state index in [4.69, 9.17) is 0 Å². The van der Waals surface area contributed by atoms with E-state index in [0.717, 1.165) is 12.2 Å². The minimum Gasteiger partial charge on any atom is -0.272 e. The van der Waals surface area contributed by atoms with Gasteiger partial charge in [-0.15, -0.1) is 11.8 Å². The quantitative estimate of drug-likeness (QED) is 0.246. The molecule has 1 rings (SSSR count). The molecule has 0 aliphatic rings. The second-order valence-corrected chi connectivity index (χ2v) is 12.7. The van der Waals surface area contributed by atoms with Crippen molar-refractivity contribution < 1.29 is 9.36 Å². The number of benzene rings is 1. The Hall–Kier alpha value is -0.420. The summed E-state index contributed by atoms with van der Waals surface area (Å²) in [5.41, 5.74) is 0.572. The van der Waals surface area contributed by atoms with Crippen LogP contribution in [0.1, 0.15) is 63.2 Å². The Morgan fingerprint density at radius 3 is 2.38 bits per heavy atom. The van der Waals surface area contributed by atoms with Gasteiger partial charge in [-0.1, -0.05) is 51.4 Å². The maximum Gasteiger partial charge on any atom is 0.294 e. The Bertz CT molecular complexity index is 596. The summed E-state index contributed by atoms with van der Waals surface area (Å²) in [5.74, 6) is 0.895. The molecular weight excluding hydrogens is 383 g/mol. The minimum absolute atomic E-state index is 0.210. The fourth-order valence-corrected chi connectivity index (χ4v) is 7.64. The van der Waals surface area contributed by atoms with Gasteiger partial charge in [0.05, 0.1) is 0 Å². The van der Waals surface area contributed by atoms with E-state index in [1.807, 2.05) is 43.0 Å². The summed E-state index contributed by atoms with van der Waals surface area (Å²) in [7, 11) is 3.27. The number of hydrogen-bond acceptors (Lipinski definition) is 4. The number of carbonyl (C=O) groups is 1. The first-order valence-corrected chi connectivity index (χ1v) is 13.5. The Morgan fingerprint density at radius 1 is 1.19 bits per heavy atom. The highest BCUT2D eigenvalue weighted by Crippen LogP contribution is 2.59. The van der Waals surface area contributed by atoms with E-state index < -0.39 is 6.65 Å². The average Bonchev–Trinajstić information content (AvgIpc) is 2.66. The first-order valence-electron chi connectivity index (χ1n) is 9.36. The van der Waals surface area contributed by atoms with Crippen LogP contribution in [0.15, 0.2) is 29.2 Å². The van der Waals surface area contributed by atoms with Crippen molar-refractivity contribution in [1.29, 1.82) is 0 Å². The molecule has 2 unspecified atom stereocenters. The van der Waals surface area contributed by atoms with Gasteiger partial charge in [-0.25, -0.2) is 5.09 Å². The molecule has 0 spiro atoms. The molecular formula is C19H33N2O2PS2. The molecule has 2 atom stereocenters. The van der Waals surface area contributed by atoms with Crippen molar-refractivity contribution in [3.8, 4) is 0 Å². The van der Waals surface area contributed by atoms with Crippen LogP contribution in [0.25, 0.3) is 0 Å². The zero-order valence-electron chi connectivity index (χ0n) is 16.7. The van der Waals surface area contributed by atoms with Crippen LogP contribution in [0, 0.1) is 0 Å². The molecule has 0 bridgehead atoms. The van der Waals surface area contributed by atoms with E-state index in [0.29, 0.717) is 5.56 Å². The van der Waals surface area contributed by atoms with Crippen LogP contribution in [0.5, 0.6) is 0 Å². The standard InChI is InChI=1S/C19H33N2O2PS2/c1-6-8-9-10-15-25-18-13-11-17(12-14-18)19(22)21(5)24(23,20-4)26-16(3)7-2/h11-14,16H,6-10,15H2,1-5H3,(H,20,23). The number of rotatable bonds is 12. The molecule has 1 aromatic rings. The summed E-state index contributed by atoms with van der Waals surface area (Å²) in [6.45, 7) is 3.32. The molecule has 1 aromatic carbocycles. The zero-order valence-corrected chi connectivity index (χ0v) is 19.2. The minimum atomic E-state index is -2.98. The van der Waals surface area contributed by atoms with Gasteiger partial charge in [-0.3, -0.25) is 14.0 Å². The van der Waals surface area contributed by atoms with E-state index in [2.05, 4.69) is 18.9 Å². The van der Waals surface area contributed by atoms with Crippen LogP contribution in [0.2, 0.25) is 0 Å². The monoisotopic (exact) mass is 416 g/mol. The largest absolute Gasteiger partial charge is 0.294 e. The predicted molar refractivity (Wildman–Crippen MR) is 117 cm³/mol. The molecule has 0 radical (unpaired) electrons. The maximum absolute atomic E-state index is 13.1. The van der Waals surface area contributed by atoms with Crippen LogP contribution in [-0.2, 0) is 4.57 Å². The number of thioether (sulfide) groups is 1. The van der Waals surface area contributed by atoms with Crippen LogP contribution in [0.4, 0.5) is 0 Å². The molecule has 7 heteroatoms. The topological polar surface area (TPSA) is 49.4 Å². The van der Waals surface area contributed by atoms with Crippen LogP contribution >= 0.6 is 29.8 Å². The Labute approximate surface area is 167 Å². The van der Waals surface area contributed by atoms with Gasteiger partial charge in [0.2, 0.25) is 0 Å². The number of hydrogen-bond donors (Lipinski definition) is 1. The summed E-state index contributed by atoms with van der Waals surface area (Å²) in [5, 5.41) is 3.09. The third-order valence-corrected chi connectivity index (χ3v) is 11.1. The predicted octanol–water partition coefficient (Wildman–Crippen LogP) is 6.29. The third kappa shape index (κ3) is 7.30. The van der Waals surface area contributed by atoms with Crippen LogP contribution < -0.4 is 5.09 Å². The first-order chi connectivity index (χ1) is 12.4. The zero-order chi connectivity index (χ0) is 19.6. The van der Waals surface area contributed by atoms with Crippen molar-refractivity contribution in [2.24, 2.45) is 0 Å². The van der Waals surface area contributed by atoms with Crippen molar-refractivity contribution in [3.05, 3.63) is 29.8 Å². The summed E-state index contributed by atoms with van der Waals surface area (Å²) in [6, 6.07) is 7.64. The SMILES string of the molecule is CCCCCCSc1ccc(C(=O)N(C)P(=O)(NC)SC(C)CC)cc1. The van der Waals surface area contributed by atoms with E-state index in [-0.39, 0.29) is 11.2 Å². The first kappa shape index (κ1) is 23.6. The molecule has 1 N–H and O–H groups in total. The second kappa shape index (κ2) is 12.1. The van der Waals surface area contributed by atoms with Gasteiger partial charge in [-0.05, 0) is 49.9 Å². The van der Waals surface area contributed by atoms with E-state index in [1.54, 1.807) is 14.1 Å². The highest BCUT2D eigenvalue weighted by Gasteiger charge is 2.32. The fourth-order valence-electron chi connectivity index (χ4n) is 2.31. The molecule has 0 aliphatic carbocycles. The van der Waals surface area contributed by atoms with E-state index in [9.17, 15) is 9.36 Å². The van der Waals surface area contributed by atoms with Crippen molar-refractivity contribution >= 4 is 35.7 Å². The average molecular weight is 417 g/mol. The van der Waals surface area contributed by atoms with Crippen LogP contribution in [-0.4, -0.2) is 35.7 Å². The molecule has 0 saturated carbocycles. The van der Waals surface area contributed by atoms with Crippen molar-refractivity contribution in [2.45, 2.75) is 63.0 Å². The highest BCUT2D eigenvalue weighted by molar-refractivity contribution is 8.57. The van der Waals surface area contributed by atoms with Gasteiger partial charge >= 0.3 is 0 Å². The Morgan fingerprint density at radius 2 is 1.85 bits per heavy atom. The van der Waals surface area contributed by atoms with E-state index >= 15 is 0 Å². The molecule has 0 aromatic heterocycles. The van der Waals surface area contributed by atoms with Crippen molar-refractivity contribution in [3.63, 3.8) is 0 Å². The number of unbranched alkanes of at least 4 members (excludes halogenated alkanes) is 3. The maximum atomic E-state index is 13.1. The summed E-state index contributed by atoms with van der Waals surface area (Å²) in [4.78, 5) is 13.9. The van der Waals surface area contributed by atoms with Gasteiger partial charge in [0.15, 0.2) is 0 Å². The second-order valence-electron chi connectivity index (χ2n) is 6.33. The molecule has 1 amide bonds. The molecule has 148 valence electrons. The normalized spacial score (nSPS) is 14.7. The van der Waals surface area contributed by atoms with E-state index in [1.165, 1.54) is 46.6 Å². The number of carbonyl (C=O) groups excluding carboxylic acids is 1. The lowest BCUT2D eigenvalue weighted by Gasteiger charge is -2.28. The summed E-state index contributed by atoms with van der Waals surface area (Å²) < 4.78 is 14.5. The Kier molecular flexibility index (Phi) is 11.0. The summed E-state index contributed by atoms with van der Waals surface area (Å²) in [6.07, 6.45) is 5.95. The van der Waals surface area contributed by atoms with Gasteiger partial charge in [0.25, 0.3) is 12.6 Å². The lowest BCUT2D eigenvalue weighted by Crippen LogP contribution is -2.28. The van der Waals surface area contributed by atoms with Gasteiger partial charge in [0, 0.05) is 22.8 Å².